The maximum atomic E-state index is 10.7. The van der Waals surface area contributed by atoms with Gasteiger partial charge in [-0.3, -0.25) is 4.79 Å². The third-order valence-corrected chi connectivity index (χ3v) is 2.77. The molecule has 0 radical (unpaired) electrons. The number of primary amides is 1. The number of nitrogens with two attached hydrogens (primary N) is 1. The van der Waals surface area contributed by atoms with E-state index in [4.69, 9.17) is 15.7 Å². The molecule has 106 valence electrons. The molecule has 0 aliphatic rings. The summed E-state index contributed by atoms with van der Waals surface area (Å²) in [6.07, 6.45) is 0. The van der Waals surface area contributed by atoms with Crippen molar-refractivity contribution in [2.45, 2.75) is 6.54 Å². The lowest BCUT2D eigenvalue weighted by atomic mass is 10.1. The average molecular weight is 281 g/mol. The Morgan fingerprint density at radius 2 is 2.05 bits per heavy atom. The highest BCUT2D eigenvalue weighted by atomic mass is 16.5. The van der Waals surface area contributed by atoms with Crippen molar-refractivity contribution in [3.8, 4) is 11.8 Å². The molecule has 0 spiro atoms. The number of ether oxygens (including phenoxy) is 1. The fraction of sp³-hybridized carbons (Fsp3) is 0.125. The maximum Gasteiger partial charge on any atom is 0.255 e. The van der Waals surface area contributed by atoms with Crippen molar-refractivity contribution in [3.05, 3.63) is 59.7 Å². The molecule has 5 heteroatoms. The first kappa shape index (κ1) is 14.4. The Kier molecular flexibility index (Phi) is 4.78. The Bertz CT molecular complexity index is 677. The number of carbonyl (C=O) groups excluding carboxylic acids is 1. The van der Waals surface area contributed by atoms with E-state index in [1.807, 2.05) is 30.3 Å². The van der Waals surface area contributed by atoms with Crippen LogP contribution in [0.4, 0.5) is 5.69 Å². The zero-order valence-corrected chi connectivity index (χ0v) is 11.4. The predicted molar refractivity (Wildman–Crippen MR) is 79.6 cm³/mol. The van der Waals surface area contributed by atoms with Crippen molar-refractivity contribution in [2.24, 2.45) is 5.73 Å². The molecule has 2 aromatic carbocycles. The van der Waals surface area contributed by atoms with Gasteiger partial charge in [0.05, 0.1) is 11.6 Å². The molecule has 0 aromatic heterocycles. The lowest BCUT2D eigenvalue weighted by Gasteiger charge is -2.09. The number of nitrogens with one attached hydrogen (secondary N) is 1. The highest BCUT2D eigenvalue weighted by Crippen LogP contribution is 2.18. The van der Waals surface area contributed by atoms with Crippen molar-refractivity contribution in [3.63, 3.8) is 0 Å². The number of carbonyl (C=O) groups is 1. The molecule has 5 nitrogen and oxygen atoms in total. The van der Waals surface area contributed by atoms with Crippen LogP contribution in [0.1, 0.15) is 11.1 Å². The zero-order valence-electron chi connectivity index (χ0n) is 11.4. The SMILES string of the molecule is N#Cc1cccc(CNc2cccc(OCC(N)=O)c2)c1. The minimum absolute atomic E-state index is 0.145. The van der Waals surface area contributed by atoms with Crippen LogP contribution in [0.3, 0.4) is 0 Å². The monoisotopic (exact) mass is 281 g/mol. The summed E-state index contributed by atoms with van der Waals surface area (Å²) in [6.45, 7) is 0.447. The van der Waals surface area contributed by atoms with Crippen LogP contribution in [-0.2, 0) is 11.3 Å². The minimum atomic E-state index is -0.512. The first-order valence-electron chi connectivity index (χ1n) is 6.41. The molecule has 0 bridgehead atoms. The molecule has 0 saturated carbocycles. The van der Waals surface area contributed by atoms with Crippen LogP contribution in [0.15, 0.2) is 48.5 Å². The molecule has 0 aliphatic heterocycles. The summed E-state index contributed by atoms with van der Waals surface area (Å²) in [6, 6.07) is 16.8. The maximum absolute atomic E-state index is 10.7. The Labute approximate surface area is 123 Å². The van der Waals surface area contributed by atoms with E-state index in [1.54, 1.807) is 18.2 Å². The van der Waals surface area contributed by atoms with Gasteiger partial charge in [0.15, 0.2) is 6.61 Å². The number of hydrogen-bond donors (Lipinski definition) is 2. The largest absolute Gasteiger partial charge is 0.484 e. The molecule has 0 saturated heterocycles. The molecule has 0 atom stereocenters. The Morgan fingerprint density at radius 1 is 1.24 bits per heavy atom. The first-order valence-corrected chi connectivity index (χ1v) is 6.41. The summed E-state index contributed by atoms with van der Waals surface area (Å²) in [4.78, 5) is 10.7. The molecule has 3 N–H and O–H groups in total. The second-order valence-electron chi connectivity index (χ2n) is 4.45. The molecule has 0 fully saturated rings. The molecule has 0 unspecified atom stereocenters. The van der Waals surface area contributed by atoms with Crippen molar-refractivity contribution in [1.82, 2.24) is 0 Å². The van der Waals surface area contributed by atoms with Gasteiger partial charge in [-0.1, -0.05) is 18.2 Å². The van der Waals surface area contributed by atoms with Crippen LogP contribution in [-0.4, -0.2) is 12.5 Å². The third-order valence-electron chi connectivity index (χ3n) is 2.77. The molecule has 0 heterocycles. The molecule has 2 aromatic rings. The molecular weight excluding hydrogens is 266 g/mol. The van der Waals surface area contributed by atoms with Gasteiger partial charge in [-0.2, -0.15) is 5.26 Å². The number of nitrogens with zero attached hydrogens (tertiary/aromatic N) is 1. The molecule has 21 heavy (non-hydrogen) atoms. The van der Waals surface area contributed by atoms with Gasteiger partial charge in [-0.25, -0.2) is 0 Å². The van der Waals surface area contributed by atoms with Crippen molar-refractivity contribution in [1.29, 1.82) is 5.26 Å². The van der Waals surface area contributed by atoms with E-state index >= 15 is 0 Å². The topological polar surface area (TPSA) is 88.1 Å². The fourth-order valence-electron chi connectivity index (χ4n) is 1.81. The summed E-state index contributed by atoms with van der Waals surface area (Å²) in [7, 11) is 0. The number of nitriles is 1. The lowest BCUT2D eigenvalue weighted by molar-refractivity contribution is -0.119. The second-order valence-corrected chi connectivity index (χ2v) is 4.45. The van der Waals surface area contributed by atoms with Crippen LogP contribution in [0.5, 0.6) is 5.75 Å². The molecular formula is C16H15N3O2. The lowest BCUT2D eigenvalue weighted by Crippen LogP contribution is -2.20. The number of benzene rings is 2. The van der Waals surface area contributed by atoms with Crippen LogP contribution in [0, 0.1) is 11.3 Å². The van der Waals surface area contributed by atoms with Gasteiger partial charge in [0.1, 0.15) is 5.75 Å². The van der Waals surface area contributed by atoms with E-state index in [-0.39, 0.29) is 6.61 Å². The van der Waals surface area contributed by atoms with E-state index in [1.165, 1.54) is 0 Å². The van der Waals surface area contributed by atoms with Crippen molar-refractivity contribution >= 4 is 11.6 Å². The summed E-state index contributed by atoms with van der Waals surface area (Å²) >= 11 is 0. The van der Waals surface area contributed by atoms with E-state index in [9.17, 15) is 4.79 Å². The quantitative estimate of drug-likeness (QED) is 0.848. The number of rotatable bonds is 6. The Balaban J connectivity index is 1.98. The second kappa shape index (κ2) is 6.96. The van der Waals surface area contributed by atoms with E-state index in [0.29, 0.717) is 17.9 Å². The third kappa shape index (κ3) is 4.55. The summed E-state index contributed by atoms with van der Waals surface area (Å²) in [5, 5.41) is 12.1. The summed E-state index contributed by atoms with van der Waals surface area (Å²) in [5.74, 6) is 0.0613. The Morgan fingerprint density at radius 3 is 2.81 bits per heavy atom. The van der Waals surface area contributed by atoms with Gasteiger partial charge in [-0.15, -0.1) is 0 Å². The number of amides is 1. The highest BCUT2D eigenvalue weighted by molar-refractivity contribution is 5.75. The van der Waals surface area contributed by atoms with Crippen LogP contribution in [0.25, 0.3) is 0 Å². The standard InChI is InChI=1S/C16H15N3O2/c17-9-12-3-1-4-13(7-12)10-19-14-5-2-6-15(8-14)21-11-16(18)20/h1-8,19H,10-11H2,(H2,18,20). The van der Waals surface area contributed by atoms with Crippen molar-refractivity contribution < 1.29 is 9.53 Å². The summed E-state index contributed by atoms with van der Waals surface area (Å²) < 4.78 is 5.24. The predicted octanol–water partition coefficient (Wildman–Crippen LogP) is 2.03. The van der Waals surface area contributed by atoms with Crippen LogP contribution < -0.4 is 15.8 Å². The van der Waals surface area contributed by atoms with Gasteiger partial charge in [-0.05, 0) is 29.8 Å². The number of anilines is 1. The first-order chi connectivity index (χ1) is 10.2. The van der Waals surface area contributed by atoms with Gasteiger partial charge >= 0.3 is 0 Å². The Hall–Kier alpha value is -3.00. The van der Waals surface area contributed by atoms with Gasteiger partial charge < -0.3 is 15.8 Å². The summed E-state index contributed by atoms with van der Waals surface area (Å²) in [5.41, 5.74) is 7.54. The van der Waals surface area contributed by atoms with Crippen LogP contribution in [0.2, 0.25) is 0 Å². The minimum Gasteiger partial charge on any atom is -0.484 e. The molecule has 0 aliphatic carbocycles. The molecule has 2 rings (SSSR count). The van der Waals surface area contributed by atoms with E-state index < -0.39 is 5.91 Å². The highest BCUT2D eigenvalue weighted by Gasteiger charge is 2.00. The smallest absolute Gasteiger partial charge is 0.255 e. The average Bonchev–Trinajstić information content (AvgIpc) is 2.51. The normalized spacial score (nSPS) is 9.67. The fourth-order valence-corrected chi connectivity index (χ4v) is 1.81. The van der Waals surface area contributed by atoms with Gasteiger partial charge in [0.2, 0.25) is 0 Å². The van der Waals surface area contributed by atoms with Gasteiger partial charge in [0, 0.05) is 18.3 Å². The van der Waals surface area contributed by atoms with E-state index in [0.717, 1.165) is 11.3 Å². The van der Waals surface area contributed by atoms with Crippen molar-refractivity contribution in [2.75, 3.05) is 11.9 Å². The zero-order chi connectivity index (χ0) is 15.1. The van der Waals surface area contributed by atoms with E-state index in [2.05, 4.69) is 11.4 Å². The molecule has 1 amide bonds. The van der Waals surface area contributed by atoms with Gasteiger partial charge in [0.25, 0.3) is 5.91 Å². The number of hydrogen-bond acceptors (Lipinski definition) is 4. The van der Waals surface area contributed by atoms with Crippen LogP contribution >= 0.6 is 0 Å².